The maximum absolute atomic E-state index is 13.1. The van der Waals surface area contributed by atoms with E-state index in [2.05, 4.69) is 10.4 Å². The van der Waals surface area contributed by atoms with Gasteiger partial charge < -0.3 is 5.32 Å². The van der Waals surface area contributed by atoms with E-state index in [4.69, 9.17) is 16.6 Å². The van der Waals surface area contributed by atoms with Crippen LogP contribution in [0.4, 0.5) is 10.3 Å². The largest absolute Gasteiger partial charge is 0.350 e. The minimum absolute atomic E-state index is 0.276. The predicted octanol–water partition coefficient (Wildman–Crippen LogP) is 5.84. The van der Waals surface area contributed by atoms with E-state index in [0.29, 0.717) is 17.5 Å². The lowest BCUT2D eigenvalue weighted by Crippen LogP contribution is -2.04. The Labute approximate surface area is 173 Å². The molecule has 0 spiro atoms. The number of halogens is 2. The molecule has 0 atom stereocenters. The normalized spacial score (nSPS) is 11.1. The maximum atomic E-state index is 13.1. The average molecular weight is 405 g/mol. The number of imidazole rings is 1. The Kier molecular flexibility index (Phi) is 5.68. The summed E-state index contributed by atoms with van der Waals surface area (Å²) in [5.41, 5.74) is 3.68. The van der Waals surface area contributed by atoms with Crippen molar-refractivity contribution in [3.8, 4) is 11.3 Å². The summed E-state index contributed by atoms with van der Waals surface area (Å²) in [6.45, 7) is 0.578. The molecule has 4 nitrogen and oxygen atoms in total. The summed E-state index contributed by atoms with van der Waals surface area (Å²) in [5, 5.41) is 8.52. The van der Waals surface area contributed by atoms with E-state index in [1.54, 1.807) is 23.0 Å². The van der Waals surface area contributed by atoms with E-state index >= 15 is 0 Å². The standard InChI is InChI=1S/C23H18ClFN4/c24-20-10-6-17(7-11-20)14-26-23-28-22(19-4-2-1-3-5-19)16-29(23)27-15-18-8-12-21(25)13-9-18/h1-13,15-16H,14H2,(H,26,28)/b27-15-. The van der Waals surface area contributed by atoms with Crippen molar-refractivity contribution in [2.45, 2.75) is 6.54 Å². The predicted molar refractivity (Wildman–Crippen MR) is 116 cm³/mol. The average Bonchev–Trinajstić information content (AvgIpc) is 3.17. The van der Waals surface area contributed by atoms with Gasteiger partial charge in [-0.1, -0.05) is 66.2 Å². The molecule has 0 aliphatic heterocycles. The first-order valence-electron chi connectivity index (χ1n) is 9.10. The van der Waals surface area contributed by atoms with E-state index in [9.17, 15) is 4.39 Å². The molecule has 1 heterocycles. The van der Waals surface area contributed by atoms with Crippen molar-refractivity contribution in [3.63, 3.8) is 0 Å². The fraction of sp³-hybridized carbons (Fsp3) is 0.0435. The van der Waals surface area contributed by atoms with Gasteiger partial charge in [-0.25, -0.2) is 14.1 Å². The second-order valence-corrected chi connectivity index (χ2v) is 6.87. The Hall–Kier alpha value is -3.44. The highest BCUT2D eigenvalue weighted by molar-refractivity contribution is 6.30. The van der Waals surface area contributed by atoms with Crippen LogP contribution < -0.4 is 5.32 Å². The van der Waals surface area contributed by atoms with Gasteiger partial charge in [0, 0.05) is 17.1 Å². The summed E-state index contributed by atoms with van der Waals surface area (Å²) in [4.78, 5) is 4.69. The number of anilines is 1. The van der Waals surface area contributed by atoms with Crippen LogP contribution in [0.3, 0.4) is 0 Å². The highest BCUT2D eigenvalue weighted by atomic mass is 35.5. The number of hydrogen-bond donors (Lipinski definition) is 1. The molecule has 0 bridgehead atoms. The van der Waals surface area contributed by atoms with E-state index in [1.165, 1.54) is 12.1 Å². The van der Waals surface area contributed by atoms with Gasteiger partial charge in [-0.2, -0.15) is 5.10 Å². The number of nitrogens with zero attached hydrogens (tertiary/aromatic N) is 3. The first-order valence-corrected chi connectivity index (χ1v) is 9.48. The van der Waals surface area contributed by atoms with E-state index in [0.717, 1.165) is 22.4 Å². The Morgan fingerprint density at radius 3 is 2.41 bits per heavy atom. The quantitative estimate of drug-likeness (QED) is 0.410. The van der Waals surface area contributed by atoms with Gasteiger partial charge in [0.1, 0.15) is 5.82 Å². The monoisotopic (exact) mass is 404 g/mol. The highest BCUT2D eigenvalue weighted by Gasteiger charge is 2.09. The van der Waals surface area contributed by atoms with Crippen molar-refractivity contribution in [2.24, 2.45) is 5.10 Å². The van der Waals surface area contributed by atoms with Crippen LogP contribution in [-0.2, 0) is 6.54 Å². The van der Waals surface area contributed by atoms with E-state index in [-0.39, 0.29) is 5.82 Å². The third-order valence-corrected chi connectivity index (χ3v) is 4.57. The van der Waals surface area contributed by atoms with Crippen molar-refractivity contribution >= 4 is 23.8 Å². The van der Waals surface area contributed by atoms with Gasteiger partial charge in [-0.05, 0) is 35.4 Å². The van der Waals surface area contributed by atoms with Gasteiger partial charge in [0.25, 0.3) is 0 Å². The number of benzene rings is 3. The van der Waals surface area contributed by atoms with Crippen LogP contribution in [0, 0.1) is 5.82 Å². The van der Waals surface area contributed by atoms with Crippen LogP contribution in [-0.4, -0.2) is 15.9 Å². The van der Waals surface area contributed by atoms with Gasteiger partial charge in [-0.15, -0.1) is 0 Å². The van der Waals surface area contributed by atoms with Crippen molar-refractivity contribution < 1.29 is 4.39 Å². The Bertz CT molecular complexity index is 1100. The zero-order valence-corrected chi connectivity index (χ0v) is 16.2. The molecule has 29 heavy (non-hydrogen) atoms. The maximum Gasteiger partial charge on any atom is 0.224 e. The van der Waals surface area contributed by atoms with Crippen LogP contribution in [0.5, 0.6) is 0 Å². The smallest absolute Gasteiger partial charge is 0.224 e. The molecule has 0 aliphatic rings. The number of rotatable bonds is 6. The Morgan fingerprint density at radius 2 is 1.69 bits per heavy atom. The summed E-state index contributed by atoms with van der Waals surface area (Å²) in [6, 6.07) is 23.7. The fourth-order valence-electron chi connectivity index (χ4n) is 2.79. The number of nitrogens with one attached hydrogen (secondary N) is 1. The third kappa shape index (κ3) is 4.89. The lowest BCUT2D eigenvalue weighted by molar-refractivity contribution is 0.628. The van der Waals surface area contributed by atoms with Crippen molar-refractivity contribution in [3.05, 3.63) is 107 Å². The molecular weight excluding hydrogens is 387 g/mol. The SMILES string of the molecule is Fc1ccc(/C=N\n2cc(-c3ccccc3)nc2NCc2ccc(Cl)cc2)cc1. The number of hydrogen-bond acceptors (Lipinski definition) is 3. The molecule has 3 aromatic carbocycles. The van der Waals surface area contributed by atoms with Crippen molar-refractivity contribution in [2.75, 3.05) is 5.32 Å². The molecular formula is C23H18ClFN4. The summed E-state index contributed by atoms with van der Waals surface area (Å²) < 4.78 is 14.8. The molecule has 6 heteroatoms. The van der Waals surface area contributed by atoms with Gasteiger partial charge in [0.2, 0.25) is 5.95 Å². The topological polar surface area (TPSA) is 42.2 Å². The second kappa shape index (κ2) is 8.71. The van der Waals surface area contributed by atoms with Gasteiger partial charge in [0.15, 0.2) is 0 Å². The van der Waals surface area contributed by atoms with Crippen LogP contribution in [0.1, 0.15) is 11.1 Å². The number of aromatic nitrogens is 2. The second-order valence-electron chi connectivity index (χ2n) is 6.44. The van der Waals surface area contributed by atoms with Crippen LogP contribution in [0.25, 0.3) is 11.3 Å². The molecule has 0 saturated heterocycles. The third-order valence-electron chi connectivity index (χ3n) is 4.32. The lowest BCUT2D eigenvalue weighted by Gasteiger charge is -2.06. The molecule has 0 amide bonds. The Balaban J connectivity index is 1.61. The molecule has 0 radical (unpaired) electrons. The Morgan fingerprint density at radius 1 is 0.966 bits per heavy atom. The molecule has 0 unspecified atom stereocenters. The molecule has 144 valence electrons. The molecule has 0 fully saturated rings. The van der Waals surface area contributed by atoms with Gasteiger partial charge in [-0.3, -0.25) is 0 Å². The summed E-state index contributed by atoms with van der Waals surface area (Å²) in [7, 11) is 0. The molecule has 4 rings (SSSR count). The molecule has 1 N–H and O–H groups in total. The highest BCUT2D eigenvalue weighted by Crippen LogP contribution is 2.21. The first kappa shape index (κ1) is 18.9. The molecule has 4 aromatic rings. The lowest BCUT2D eigenvalue weighted by atomic mass is 10.2. The van der Waals surface area contributed by atoms with Gasteiger partial charge >= 0.3 is 0 Å². The van der Waals surface area contributed by atoms with E-state index < -0.39 is 0 Å². The minimum atomic E-state index is -0.276. The summed E-state index contributed by atoms with van der Waals surface area (Å²) >= 11 is 5.95. The zero-order chi connectivity index (χ0) is 20.1. The molecule has 0 aliphatic carbocycles. The van der Waals surface area contributed by atoms with Gasteiger partial charge in [0.05, 0.1) is 18.1 Å². The van der Waals surface area contributed by atoms with Crippen LogP contribution >= 0.6 is 11.6 Å². The van der Waals surface area contributed by atoms with Crippen molar-refractivity contribution in [1.82, 2.24) is 9.66 Å². The van der Waals surface area contributed by atoms with Crippen molar-refractivity contribution in [1.29, 1.82) is 0 Å². The molecule has 0 saturated carbocycles. The zero-order valence-electron chi connectivity index (χ0n) is 15.5. The van der Waals surface area contributed by atoms with E-state index in [1.807, 2.05) is 60.8 Å². The molecule has 1 aromatic heterocycles. The fourth-order valence-corrected chi connectivity index (χ4v) is 2.91. The first-order chi connectivity index (χ1) is 14.2. The minimum Gasteiger partial charge on any atom is -0.350 e. The van der Waals surface area contributed by atoms with Crippen LogP contribution in [0.15, 0.2) is 90.2 Å². The summed E-state index contributed by atoms with van der Waals surface area (Å²) in [6.07, 6.45) is 3.53. The summed E-state index contributed by atoms with van der Waals surface area (Å²) in [5.74, 6) is 0.332. The van der Waals surface area contributed by atoms with Crippen LogP contribution in [0.2, 0.25) is 5.02 Å².